The molecule has 2 nitrogen and oxygen atoms in total. The summed E-state index contributed by atoms with van der Waals surface area (Å²) in [7, 11) is 0. The van der Waals surface area contributed by atoms with Gasteiger partial charge >= 0.3 is 5.97 Å². The molecular weight excluding hydrogens is 248 g/mol. The monoisotopic (exact) mass is 272 g/mol. The molecule has 0 heterocycles. The fraction of sp³-hybridized carbons (Fsp3) is 0.500. The summed E-state index contributed by atoms with van der Waals surface area (Å²) in [5, 5.41) is 8.65. The summed E-state index contributed by atoms with van der Waals surface area (Å²) in [6.07, 6.45) is 9.59. The normalized spacial score (nSPS) is 17.1. The lowest BCUT2D eigenvalue weighted by molar-refractivity contribution is -0.136. The second-order valence-corrected chi connectivity index (χ2v) is 5.78. The van der Waals surface area contributed by atoms with Gasteiger partial charge in [0.25, 0.3) is 0 Å². The third-order valence-electron chi connectivity index (χ3n) is 4.25. The molecule has 1 aromatic carbocycles. The number of aliphatic carboxylic acids is 1. The maximum absolute atomic E-state index is 10.5. The molecule has 1 aliphatic rings. The number of allylic oxidation sites excluding steroid dienone is 2. The van der Waals surface area contributed by atoms with Crippen LogP contribution in [0.1, 0.15) is 68.9 Å². The molecule has 0 radical (unpaired) electrons. The highest BCUT2D eigenvalue weighted by molar-refractivity contribution is 5.68. The summed E-state index contributed by atoms with van der Waals surface area (Å²) in [6, 6.07) is 8.85. The van der Waals surface area contributed by atoms with Crippen LogP contribution in [-0.4, -0.2) is 11.1 Å². The smallest absolute Gasteiger partial charge is 0.303 e. The molecule has 0 spiro atoms. The van der Waals surface area contributed by atoms with Crippen LogP contribution in [0, 0.1) is 0 Å². The van der Waals surface area contributed by atoms with Crippen molar-refractivity contribution in [2.45, 2.75) is 57.8 Å². The number of hydrogen-bond acceptors (Lipinski definition) is 1. The summed E-state index contributed by atoms with van der Waals surface area (Å²) in [6.45, 7) is 2.05. The summed E-state index contributed by atoms with van der Waals surface area (Å²) < 4.78 is 0. The fourth-order valence-corrected chi connectivity index (χ4v) is 2.98. The first-order chi connectivity index (χ1) is 9.66. The van der Waals surface area contributed by atoms with Crippen LogP contribution in [0.5, 0.6) is 0 Å². The molecule has 0 aromatic heterocycles. The molecule has 2 rings (SSSR count). The van der Waals surface area contributed by atoms with Gasteiger partial charge in [-0.25, -0.2) is 0 Å². The molecular formula is C18H24O2. The first-order valence-electron chi connectivity index (χ1n) is 7.65. The van der Waals surface area contributed by atoms with E-state index in [2.05, 4.69) is 31.2 Å². The second-order valence-electron chi connectivity index (χ2n) is 5.78. The van der Waals surface area contributed by atoms with Gasteiger partial charge in [-0.3, -0.25) is 4.79 Å². The Kier molecular flexibility index (Phi) is 5.40. The highest BCUT2D eigenvalue weighted by atomic mass is 16.4. The third kappa shape index (κ3) is 4.22. The zero-order valence-electron chi connectivity index (χ0n) is 12.3. The van der Waals surface area contributed by atoms with Crippen LogP contribution >= 0.6 is 0 Å². The number of benzene rings is 1. The quantitative estimate of drug-likeness (QED) is 0.818. The molecule has 108 valence electrons. The van der Waals surface area contributed by atoms with Gasteiger partial charge in [0.15, 0.2) is 0 Å². The van der Waals surface area contributed by atoms with E-state index in [4.69, 9.17) is 5.11 Å². The van der Waals surface area contributed by atoms with Crippen LogP contribution in [0.25, 0.3) is 5.57 Å². The van der Waals surface area contributed by atoms with E-state index in [0.717, 1.165) is 5.92 Å². The lowest BCUT2D eigenvalue weighted by Gasteiger charge is -2.22. The van der Waals surface area contributed by atoms with E-state index >= 15 is 0 Å². The highest BCUT2D eigenvalue weighted by Gasteiger charge is 2.15. The summed E-state index contributed by atoms with van der Waals surface area (Å²) in [5.74, 6) is 0.00999. The van der Waals surface area contributed by atoms with Crippen molar-refractivity contribution in [1.82, 2.24) is 0 Å². The molecule has 20 heavy (non-hydrogen) atoms. The lowest BCUT2D eigenvalue weighted by Crippen LogP contribution is -2.04. The van der Waals surface area contributed by atoms with Crippen molar-refractivity contribution in [2.24, 2.45) is 0 Å². The second kappa shape index (κ2) is 7.28. The van der Waals surface area contributed by atoms with Crippen molar-refractivity contribution in [2.75, 3.05) is 0 Å². The molecule has 0 unspecified atom stereocenters. The zero-order valence-corrected chi connectivity index (χ0v) is 12.3. The molecule has 1 aliphatic carbocycles. The largest absolute Gasteiger partial charge is 0.481 e. The predicted octanol–water partition coefficient (Wildman–Crippen LogP) is 5.00. The van der Waals surface area contributed by atoms with Gasteiger partial charge in [-0.1, -0.05) is 49.6 Å². The Morgan fingerprint density at radius 1 is 1.20 bits per heavy atom. The first kappa shape index (κ1) is 14.8. The van der Waals surface area contributed by atoms with Crippen LogP contribution in [0.15, 0.2) is 30.3 Å². The van der Waals surface area contributed by atoms with E-state index in [-0.39, 0.29) is 6.42 Å². The van der Waals surface area contributed by atoms with Gasteiger partial charge in [0, 0.05) is 6.42 Å². The topological polar surface area (TPSA) is 37.3 Å². The molecule has 0 aliphatic heterocycles. The van der Waals surface area contributed by atoms with Crippen LogP contribution in [-0.2, 0) is 4.79 Å². The molecule has 1 saturated carbocycles. The van der Waals surface area contributed by atoms with Gasteiger partial charge < -0.3 is 5.11 Å². The first-order valence-corrected chi connectivity index (χ1v) is 7.65. The molecule has 1 N–H and O–H groups in total. The molecule has 1 fully saturated rings. The van der Waals surface area contributed by atoms with E-state index in [1.165, 1.54) is 48.8 Å². The molecule has 1 aromatic rings. The van der Waals surface area contributed by atoms with Gasteiger partial charge in [-0.15, -0.1) is 0 Å². The highest BCUT2D eigenvalue weighted by Crippen LogP contribution is 2.33. The maximum Gasteiger partial charge on any atom is 0.303 e. The van der Waals surface area contributed by atoms with Crippen molar-refractivity contribution < 1.29 is 9.90 Å². The minimum atomic E-state index is -0.735. The minimum Gasteiger partial charge on any atom is -0.481 e. The predicted molar refractivity (Wildman–Crippen MR) is 82.8 cm³/mol. The molecule has 0 saturated heterocycles. The standard InChI is InChI=1S/C18H24O2/c1-14(6-5-9-18(19)20)15-10-12-17(13-11-15)16-7-3-2-4-8-16/h6,10-13,16H,2-5,7-9H2,1H3,(H,19,20)/b14-6+. The van der Waals surface area contributed by atoms with E-state index in [9.17, 15) is 4.79 Å². The SMILES string of the molecule is C/C(=C\CCC(=O)O)c1ccc(C2CCCCC2)cc1. The molecule has 0 bridgehead atoms. The van der Waals surface area contributed by atoms with Crippen molar-refractivity contribution in [3.8, 4) is 0 Å². The van der Waals surface area contributed by atoms with Crippen LogP contribution in [0.4, 0.5) is 0 Å². The number of carboxylic acids is 1. The Labute approximate surface area is 121 Å². The Hall–Kier alpha value is -1.57. The van der Waals surface area contributed by atoms with Gasteiger partial charge in [0.2, 0.25) is 0 Å². The number of rotatable bonds is 5. The summed E-state index contributed by atoms with van der Waals surface area (Å²) in [5.41, 5.74) is 3.84. The maximum atomic E-state index is 10.5. The van der Waals surface area contributed by atoms with E-state index in [1.807, 2.05) is 6.08 Å². The molecule has 2 heteroatoms. The van der Waals surface area contributed by atoms with Crippen molar-refractivity contribution >= 4 is 11.5 Å². The van der Waals surface area contributed by atoms with Crippen LogP contribution < -0.4 is 0 Å². The molecule has 0 amide bonds. The van der Waals surface area contributed by atoms with Crippen LogP contribution in [0.2, 0.25) is 0 Å². The van der Waals surface area contributed by atoms with E-state index < -0.39 is 5.97 Å². The Morgan fingerprint density at radius 3 is 2.45 bits per heavy atom. The zero-order chi connectivity index (χ0) is 14.4. The number of carboxylic acid groups (broad SMARTS) is 1. The summed E-state index contributed by atoms with van der Waals surface area (Å²) in [4.78, 5) is 10.5. The van der Waals surface area contributed by atoms with Gasteiger partial charge in [-0.05, 0) is 48.8 Å². The number of hydrogen-bond donors (Lipinski definition) is 1. The third-order valence-corrected chi connectivity index (χ3v) is 4.25. The fourth-order valence-electron chi connectivity index (χ4n) is 2.98. The summed E-state index contributed by atoms with van der Waals surface area (Å²) >= 11 is 0. The van der Waals surface area contributed by atoms with E-state index in [1.54, 1.807) is 0 Å². The Bertz CT molecular complexity index is 465. The number of carbonyl (C=O) groups is 1. The minimum absolute atomic E-state index is 0.206. The molecule has 0 atom stereocenters. The van der Waals surface area contributed by atoms with Gasteiger partial charge in [-0.2, -0.15) is 0 Å². The lowest BCUT2D eigenvalue weighted by atomic mass is 9.84. The van der Waals surface area contributed by atoms with Crippen molar-refractivity contribution in [3.63, 3.8) is 0 Å². The Morgan fingerprint density at radius 2 is 1.85 bits per heavy atom. The average Bonchev–Trinajstić information content (AvgIpc) is 2.48. The Balaban J connectivity index is 1.98. The van der Waals surface area contributed by atoms with E-state index in [0.29, 0.717) is 6.42 Å². The van der Waals surface area contributed by atoms with Gasteiger partial charge in [0.05, 0.1) is 0 Å². The van der Waals surface area contributed by atoms with Gasteiger partial charge in [0.1, 0.15) is 0 Å². The van der Waals surface area contributed by atoms with Crippen LogP contribution in [0.3, 0.4) is 0 Å². The van der Waals surface area contributed by atoms with Crippen molar-refractivity contribution in [1.29, 1.82) is 0 Å². The van der Waals surface area contributed by atoms with Crippen molar-refractivity contribution in [3.05, 3.63) is 41.5 Å². The average molecular weight is 272 g/mol.